The number of nitrogens with zero attached hydrogens (tertiary/aromatic N) is 1. The number of nitrogens with one attached hydrogen (secondary N) is 1. The van der Waals surface area contributed by atoms with Crippen molar-refractivity contribution in [2.75, 3.05) is 33.0 Å². The fourth-order valence-electron chi connectivity index (χ4n) is 3.28. The van der Waals surface area contributed by atoms with Crippen LogP contribution in [0.1, 0.15) is 31.7 Å². The van der Waals surface area contributed by atoms with Crippen LogP contribution in [0.3, 0.4) is 0 Å². The van der Waals surface area contributed by atoms with E-state index in [-0.39, 0.29) is 0 Å². The quantitative estimate of drug-likeness (QED) is 0.873. The standard InChI is InChI=1S/C17H26N2O2/c1-2-9-19(11-14-5-7-18-8-6-14)12-15-3-4-16-17(10-15)21-13-20-16/h3-4,10,14,18H,2,5-9,11-13H2,1H3. The first-order valence-corrected chi connectivity index (χ1v) is 8.16. The molecule has 1 saturated heterocycles. The summed E-state index contributed by atoms with van der Waals surface area (Å²) in [5.41, 5.74) is 1.32. The molecule has 0 unspecified atom stereocenters. The van der Waals surface area contributed by atoms with Crippen molar-refractivity contribution < 1.29 is 9.47 Å². The van der Waals surface area contributed by atoms with Gasteiger partial charge in [0.25, 0.3) is 0 Å². The average molecular weight is 290 g/mol. The Kier molecular flexibility index (Phi) is 4.99. The van der Waals surface area contributed by atoms with Gasteiger partial charge in [-0.15, -0.1) is 0 Å². The van der Waals surface area contributed by atoms with Crippen LogP contribution in [0.2, 0.25) is 0 Å². The van der Waals surface area contributed by atoms with E-state index in [1.165, 1.54) is 51.0 Å². The number of hydrogen-bond donors (Lipinski definition) is 1. The van der Waals surface area contributed by atoms with E-state index in [9.17, 15) is 0 Å². The van der Waals surface area contributed by atoms with Crippen molar-refractivity contribution in [3.8, 4) is 11.5 Å². The van der Waals surface area contributed by atoms with Crippen LogP contribution in [0.15, 0.2) is 18.2 Å². The van der Waals surface area contributed by atoms with Gasteiger partial charge in [0.05, 0.1) is 0 Å². The molecule has 1 fully saturated rings. The summed E-state index contributed by atoms with van der Waals surface area (Å²) >= 11 is 0. The molecule has 0 saturated carbocycles. The van der Waals surface area contributed by atoms with Gasteiger partial charge in [-0.2, -0.15) is 0 Å². The summed E-state index contributed by atoms with van der Waals surface area (Å²) in [7, 11) is 0. The van der Waals surface area contributed by atoms with Gasteiger partial charge in [-0.05, 0) is 62.5 Å². The molecule has 0 aliphatic carbocycles. The summed E-state index contributed by atoms with van der Waals surface area (Å²) in [4.78, 5) is 2.59. The monoisotopic (exact) mass is 290 g/mol. The number of ether oxygens (including phenoxy) is 2. The Balaban J connectivity index is 1.61. The van der Waals surface area contributed by atoms with Gasteiger partial charge in [-0.1, -0.05) is 13.0 Å². The molecule has 21 heavy (non-hydrogen) atoms. The molecule has 2 aliphatic rings. The Bertz CT molecular complexity index is 458. The molecule has 2 aliphatic heterocycles. The lowest BCUT2D eigenvalue weighted by Gasteiger charge is -2.30. The van der Waals surface area contributed by atoms with Gasteiger partial charge in [0.2, 0.25) is 6.79 Å². The van der Waals surface area contributed by atoms with Crippen LogP contribution in [0.5, 0.6) is 11.5 Å². The molecule has 1 aromatic rings. The maximum atomic E-state index is 5.48. The Morgan fingerprint density at radius 3 is 2.81 bits per heavy atom. The summed E-state index contributed by atoms with van der Waals surface area (Å²) in [5.74, 6) is 2.61. The number of rotatable bonds is 6. The van der Waals surface area contributed by atoms with Crippen LogP contribution in [0.4, 0.5) is 0 Å². The smallest absolute Gasteiger partial charge is 0.231 e. The van der Waals surface area contributed by atoms with Crippen molar-refractivity contribution in [1.82, 2.24) is 10.2 Å². The van der Waals surface area contributed by atoms with Gasteiger partial charge in [0.1, 0.15) is 0 Å². The number of hydrogen-bond acceptors (Lipinski definition) is 4. The zero-order valence-corrected chi connectivity index (χ0v) is 12.9. The van der Waals surface area contributed by atoms with Crippen molar-refractivity contribution in [2.45, 2.75) is 32.7 Å². The Labute approximate surface area is 127 Å². The third kappa shape index (κ3) is 3.89. The number of benzene rings is 1. The van der Waals surface area contributed by atoms with E-state index < -0.39 is 0 Å². The van der Waals surface area contributed by atoms with Gasteiger partial charge >= 0.3 is 0 Å². The molecule has 0 spiro atoms. The first-order valence-electron chi connectivity index (χ1n) is 8.16. The molecule has 4 nitrogen and oxygen atoms in total. The second-order valence-electron chi connectivity index (χ2n) is 6.12. The van der Waals surface area contributed by atoms with Gasteiger partial charge in [0, 0.05) is 13.1 Å². The molecule has 0 radical (unpaired) electrons. The fourth-order valence-corrected chi connectivity index (χ4v) is 3.28. The molecule has 2 heterocycles. The second-order valence-corrected chi connectivity index (χ2v) is 6.12. The second kappa shape index (κ2) is 7.14. The first kappa shape index (κ1) is 14.7. The van der Waals surface area contributed by atoms with Gasteiger partial charge in [-0.25, -0.2) is 0 Å². The molecule has 3 rings (SSSR count). The summed E-state index contributed by atoms with van der Waals surface area (Å²) in [6.07, 6.45) is 3.82. The Hall–Kier alpha value is -1.26. The third-order valence-corrected chi connectivity index (χ3v) is 4.36. The highest BCUT2D eigenvalue weighted by molar-refractivity contribution is 5.44. The zero-order chi connectivity index (χ0) is 14.5. The summed E-state index contributed by atoms with van der Waals surface area (Å²) in [6, 6.07) is 6.33. The van der Waals surface area contributed by atoms with E-state index in [0.717, 1.165) is 24.0 Å². The van der Waals surface area contributed by atoms with Crippen LogP contribution in [0, 0.1) is 5.92 Å². The molecule has 1 aromatic carbocycles. The predicted molar refractivity (Wildman–Crippen MR) is 83.7 cm³/mol. The van der Waals surface area contributed by atoms with Crippen molar-refractivity contribution in [3.63, 3.8) is 0 Å². The van der Waals surface area contributed by atoms with Crippen LogP contribution in [-0.2, 0) is 6.54 Å². The lowest BCUT2D eigenvalue weighted by atomic mass is 9.97. The minimum absolute atomic E-state index is 0.354. The minimum Gasteiger partial charge on any atom is -0.454 e. The maximum Gasteiger partial charge on any atom is 0.231 e. The van der Waals surface area contributed by atoms with E-state index in [0.29, 0.717) is 6.79 Å². The van der Waals surface area contributed by atoms with Crippen molar-refractivity contribution in [1.29, 1.82) is 0 Å². The van der Waals surface area contributed by atoms with E-state index in [1.807, 2.05) is 6.07 Å². The highest BCUT2D eigenvalue weighted by atomic mass is 16.7. The molecule has 0 bridgehead atoms. The SMILES string of the molecule is CCCN(Cc1ccc2c(c1)OCO2)CC1CCNCC1. The van der Waals surface area contributed by atoms with Crippen LogP contribution >= 0.6 is 0 Å². The molecule has 0 atom stereocenters. The van der Waals surface area contributed by atoms with Crippen LogP contribution in [-0.4, -0.2) is 37.9 Å². The highest BCUT2D eigenvalue weighted by Gasteiger charge is 2.18. The van der Waals surface area contributed by atoms with E-state index in [2.05, 4.69) is 29.3 Å². The zero-order valence-electron chi connectivity index (χ0n) is 12.9. The molecule has 4 heteroatoms. The first-order chi connectivity index (χ1) is 10.3. The largest absolute Gasteiger partial charge is 0.454 e. The summed E-state index contributed by atoms with van der Waals surface area (Å²) < 4.78 is 10.9. The third-order valence-electron chi connectivity index (χ3n) is 4.36. The van der Waals surface area contributed by atoms with Gasteiger partial charge in [-0.3, -0.25) is 4.90 Å². The van der Waals surface area contributed by atoms with Gasteiger partial charge < -0.3 is 14.8 Å². The lowest BCUT2D eigenvalue weighted by molar-refractivity contribution is 0.173. The van der Waals surface area contributed by atoms with Crippen LogP contribution < -0.4 is 14.8 Å². The lowest BCUT2D eigenvalue weighted by Crippen LogP contribution is -2.36. The molecule has 1 N–H and O–H groups in total. The van der Waals surface area contributed by atoms with Crippen molar-refractivity contribution in [3.05, 3.63) is 23.8 Å². The molecular weight excluding hydrogens is 264 g/mol. The van der Waals surface area contributed by atoms with Crippen molar-refractivity contribution >= 4 is 0 Å². The van der Waals surface area contributed by atoms with E-state index in [1.54, 1.807) is 0 Å². The van der Waals surface area contributed by atoms with E-state index >= 15 is 0 Å². The summed E-state index contributed by atoms with van der Waals surface area (Å²) in [6.45, 7) is 8.35. The molecule has 0 amide bonds. The maximum absolute atomic E-state index is 5.48. The Morgan fingerprint density at radius 2 is 2.00 bits per heavy atom. The highest BCUT2D eigenvalue weighted by Crippen LogP contribution is 2.32. The number of fused-ring (bicyclic) bond motifs is 1. The topological polar surface area (TPSA) is 33.7 Å². The predicted octanol–water partition coefficient (Wildman–Crippen LogP) is 2.63. The molecule has 0 aromatic heterocycles. The average Bonchev–Trinajstić information content (AvgIpc) is 2.96. The minimum atomic E-state index is 0.354. The fraction of sp³-hybridized carbons (Fsp3) is 0.647. The van der Waals surface area contributed by atoms with E-state index in [4.69, 9.17) is 9.47 Å². The normalized spacial score (nSPS) is 18.4. The van der Waals surface area contributed by atoms with Crippen molar-refractivity contribution in [2.24, 2.45) is 5.92 Å². The summed E-state index contributed by atoms with van der Waals surface area (Å²) in [5, 5.41) is 3.45. The van der Waals surface area contributed by atoms with Gasteiger partial charge in [0.15, 0.2) is 11.5 Å². The number of piperidine rings is 1. The molecular formula is C17H26N2O2. The molecule has 116 valence electrons. The van der Waals surface area contributed by atoms with Crippen LogP contribution in [0.25, 0.3) is 0 Å². The Morgan fingerprint density at radius 1 is 1.19 bits per heavy atom.